The Hall–Kier alpha value is -4.12. The molecule has 0 N–H and O–H groups in total. The van der Waals surface area contributed by atoms with Crippen LogP contribution in [0.5, 0.6) is 0 Å². The number of carbonyl (C=O) groups excluding carboxylic acids is 2. The van der Waals surface area contributed by atoms with E-state index in [0.717, 1.165) is 17.7 Å². The topological polar surface area (TPSA) is 151 Å². The van der Waals surface area contributed by atoms with Crippen LogP contribution in [-0.4, -0.2) is 74.1 Å². The van der Waals surface area contributed by atoms with Crippen LogP contribution in [0.3, 0.4) is 0 Å². The smallest absolute Gasteiger partial charge is 0.441 e. The molecule has 0 bridgehead atoms. The lowest BCUT2D eigenvalue weighted by Gasteiger charge is -2.18. The molecule has 0 unspecified atom stereocenters. The molecular weight excluding hydrogens is 559 g/mol. The van der Waals surface area contributed by atoms with E-state index in [0.29, 0.717) is 11.3 Å². The summed E-state index contributed by atoms with van der Waals surface area (Å²) >= 11 is 0. The number of hydrogen-bond donors (Lipinski definition) is 0. The fraction of sp³-hybridized carbons (Fsp3) is 0.391. The molecule has 17 heteroatoms. The van der Waals surface area contributed by atoms with Crippen LogP contribution >= 0.6 is 0 Å². The van der Waals surface area contributed by atoms with Crippen LogP contribution in [0.4, 0.5) is 18.0 Å². The van der Waals surface area contributed by atoms with Gasteiger partial charge in [0.25, 0.3) is 0 Å². The fourth-order valence-electron chi connectivity index (χ4n) is 3.73. The van der Waals surface area contributed by atoms with Crippen molar-refractivity contribution in [1.82, 2.24) is 34.2 Å². The minimum atomic E-state index is -4.68. The maximum Gasteiger partial charge on any atom is 0.441 e. The lowest BCUT2D eigenvalue weighted by atomic mass is 10.2. The molecule has 4 aromatic rings. The zero-order valence-electron chi connectivity index (χ0n) is 21.9. The van der Waals surface area contributed by atoms with E-state index in [2.05, 4.69) is 20.1 Å². The van der Waals surface area contributed by atoms with Crippen molar-refractivity contribution in [3.8, 4) is 11.4 Å². The summed E-state index contributed by atoms with van der Waals surface area (Å²) in [6, 6.07) is 1.97. The average molecular weight is 584 g/mol. The molecule has 0 saturated carbocycles. The van der Waals surface area contributed by atoms with E-state index in [1.54, 1.807) is 13.8 Å². The fourth-order valence-corrected chi connectivity index (χ4v) is 4.71. The molecule has 13 nitrogen and oxygen atoms in total. The lowest BCUT2D eigenvalue weighted by molar-refractivity contribution is -0.137. The van der Waals surface area contributed by atoms with Crippen molar-refractivity contribution in [2.75, 3.05) is 19.5 Å². The number of nitrogens with zero attached hydrogens (tertiary/aromatic N) is 7. The van der Waals surface area contributed by atoms with Gasteiger partial charge in [0.05, 0.1) is 25.0 Å². The van der Waals surface area contributed by atoms with Gasteiger partial charge >= 0.3 is 18.2 Å². The van der Waals surface area contributed by atoms with Crippen LogP contribution < -0.4 is 0 Å². The third-order valence-corrected chi connectivity index (χ3v) is 7.35. The Morgan fingerprint density at radius 3 is 2.48 bits per heavy atom. The highest BCUT2D eigenvalue weighted by atomic mass is 32.2. The monoisotopic (exact) mass is 583 g/mol. The van der Waals surface area contributed by atoms with Crippen LogP contribution in [0, 0.1) is 5.92 Å². The van der Waals surface area contributed by atoms with Gasteiger partial charge in [-0.25, -0.2) is 32.7 Å². The largest absolute Gasteiger partial charge is 0.447 e. The Kier molecular flexibility index (Phi) is 7.55. The number of ether oxygens (including phenoxy) is 1. The van der Waals surface area contributed by atoms with E-state index < -0.39 is 44.4 Å². The molecule has 214 valence electrons. The van der Waals surface area contributed by atoms with E-state index >= 15 is 0 Å². The summed E-state index contributed by atoms with van der Waals surface area (Å²) in [4.78, 5) is 43.0. The first-order chi connectivity index (χ1) is 18.7. The van der Waals surface area contributed by atoms with Gasteiger partial charge in [-0.05, 0) is 18.1 Å². The van der Waals surface area contributed by atoms with Crippen LogP contribution in [-0.2, 0) is 32.6 Å². The van der Waals surface area contributed by atoms with E-state index in [9.17, 15) is 31.2 Å². The summed E-state index contributed by atoms with van der Waals surface area (Å²) in [7, 11) is -1.60. The van der Waals surface area contributed by atoms with Gasteiger partial charge in [-0.15, -0.1) is 5.06 Å². The predicted molar refractivity (Wildman–Crippen MR) is 133 cm³/mol. The van der Waals surface area contributed by atoms with Gasteiger partial charge in [0.2, 0.25) is 0 Å². The SMILES string of the molecule is CCS(=O)(=O)c1nn2c(C(=O)N(OC)C(=O)OCC(C)C)ccnc2c1-c1nc2cc(C(F)(F)F)cnc2n1C. The first-order valence-electron chi connectivity index (χ1n) is 11.8. The average Bonchev–Trinajstić information content (AvgIpc) is 3.45. The molecule has 0 aromatic carbocycles. The second kappa shape index (κ2) is 10.5. The van der Waals surface area contributed by atoms with Gasteiger partial charge < -0.3 is 9.30 Å². The molecular formula is C23H24F3N7O6S. The number of carbonyl (C=O) groups is 2. The molecule has 4 rings (SSSR count). The van der Waals surface area contributed by atoms with Crippen molar-refractivity contribution in [1.29, 1.82) is 0 Å². The van der Waals surface area contributed by atoms with Gasteiger partial charge in [-0.3, -0.25) is 9.63 Å². The Bertz CT molecular complexity index is 1730. The Labute approximate surface area is 225 Å². The third kappa shape index (κ3) is 5.08. The molecule has 0 atom stereocenters. The quantitative estimate of drug-likeness (QED) is 0.297. The molecule has 40 heavy (non-hydrogen) atoms. The van der Waals surface area contributed by atoms with Gasteiger partial charge in [0.1, 0.15) is 22.6 Å². The first kappa shape index (κ1) is 28.9. The number of pyridine rings is 1. The molecule has 0 saturated heterocycles. The summed E-state index contributed by atoms with van der Waals surface area (Å²) in [5.41, 5.74) is -1.81. The number of hydrogen-bond acceptors (Lipinski definition) is 10. The van der Waals surface area contributed by atoms with Gasteiger partial charge in [-0.2, -0.15) is 18.3 Å². The number of imide groups is 1. The number of hydroxylamine groups is 2. The lowest BCUT2D eigenvalue weighted by Crippen LogP contribution is -2.38. The Balaban J connectivity index is 1.95. The normalized spacial score (nSPS) is 12.4. The number of sulfone groups is 1. The van der Waals surface area contributed by atoms with Crippen LogP contribution in [0.1, 0.15) is 36.8 Å². The van der Waals surface area contributed by atoms with Gasteiger partial charge in [-0.1, -0.05) is 20.8 Å². The third-order valence-electron chi connectivity index (χ3n) is 5.71. The number of alkyl halides is 3. The minimum Gasteiger partial charge on any atom is -0.447 e. The highest BCUT2D eigenvalue weighted by Crippen LogP contribution is 2.35. The van der Waals surface area contributed by atoms with E-state index in [1.165, 1.54) is 30.8 Å². The van der Waals surface area contributed by atoms with Gasteiger partial charge in [0, 0.05) is 19.4 Å². The maximum atomic E-state index is 13.3. The molecule has 4 heterocycles. The number of fused-ring (bicyclic) bond motifs is 2. The second-order valence-corrected chi connectivity index (χ2v) is 11.2. The molecule has 0 aliphatic carbocycles. The van der Waals surface area contributed by atoms with Crippen LogP contribution in [0.2, 0.25) is 0 Å². The van der Waals surface area contributed by atoms with Crippen molar-refractivity contribution >= 4 is 38.6 Å². The number of halogens is 3. The number of amides is 2. The van der Waals surface area contributed by atoms with E-state index in [4.69, 9.17) is 9.57 Å². The summed E-state index contributed by atoms with van der Waals surface area (Å²) in [5.74, 6) is -1.59. The van der Waals surface area contributed by atoms with Crippen molar-refractivity contribution in [2.45, 2.75) is 32.0 Å². The minimum absolute atomic E-state index is 0.000649. The molecule has 0 radical (unpaired) electrons. The molecule has 0 aliphatic rings. The summed E-state index contributed by atoms with van der Waals surface area (Å²) in [6.07, 6.45) is -3.98. The summed E-state index contributed by atoms with van der Waals surface area (Å²) in [6.45, 7) is 4.95. The van der Waals surface area contributed by atoms with Crippen molar-refractivity contribution in [3.05, 3.63) is 35.8 Å². The number of aromatic nitrogens is 6. The van der Waals surface area contributed by atoms with Crippen LogP contribution in [0.25, 0.3) is 28.2 Å². The number of aryl methyl sites for hydroxylation is 1. The standard InChI is InChI=1S/C23H24F3N7O6S/c1-6-40(36,37)20-16(19-29-14-9-13(23(24,25)26)10-28-17(14)31(19)4)18-27-8-7-15(32(18)30-20)21(34)33(38-5)22(35)39-11-12(2)3/h7-10,12H,6,11H2,1-5H3. The first-order valence-corrected chi connectivity index (χ1v) is 13.4. The van der Waals surface area contributed by atoms with Crippen LogP contribution in [0.15, 0.2) is 29.6 Å². The second-order valence-electron chi connectivity index (χ2n) is 8.96. The van der Waals surface area contributed by atoms with Crippen molar-refractivity contribution in [2.24, 2.45) is 13.0 Å². The zero-order valence-corrected chi connectivity index (χ0v) is 22.7. The molecule has 4 aromatic heterocycles. The van der Waals surface area contributed by atoms with Crippen molar-refractivity contribution < 1.29 is 40.8 Å². The van der Waals surface area contributed by atoms with E-state index in [-0.39, 0.29) is 46.4 Å². The maximum absolute atomic E-state index is 13.3. The molecule has 2 amide bonds. The Morgan fingerprint density at radius 2 is 1.88 bits per heavy atom. The number of imidazole rings is 1. The molecule has 0 fully saturated rings. The highest BCUT2D eigenvalue weighted by Gasteiger charge is 2.35. The molecule has 0 spiro atoms. The Morgan fingerprint density at radius 1 is 1.18 bits per heavy atom. The van der Waals surface area contributed by atoms with Crippen molar-refractivity contribution in [3.63, 3.8) is 0 Å². The predicted octanol–water partition coefficient (Wildman–Crippen LogP) is 3.29. The zero-order chi connectivity index (χ0) is 29.6. The number of rotatable bonds is 7. The van der Waals surface area contributed by atoms with Gasteiger partial charge in [0.15, 0.2) is 26.2 Å². The summed E-state index contributed by atoms with van der Waals surface area (Å²) in [5, 5.41) is 3.94. The highest BCUT2D eigenvalue weighted by molar-refractivity contribution is 7.91. The summed E-state index contributed by atoms with van der Waals surface area (Å²) < 4.78 is 73.3. The molecule has 0 aliphatic heterocycles. The van der Waals surface area contributed by atoms with E-state index in [1.807, 2.05) is 0 Å².